The quantitative estimate of drug-likeness (QED) is 0.757. The SMILES string of the molecule is CC(=O)C1CCC2C(C1)N=CN2C1CCCC(N2CCN(C(C)=O)CC2)C1. The first-order valence-electron chi connectivity index (χ1n) is 10.8. The van der Waals surface area contributed by atoms with Gasteiger partial charge in [0, 0.05) is 51.1 Å². The molecule has 150 valence electrons. The summed E-state index contributed by atoms with van der Waals surface area (Å²) in [6.07, 6.45) is 10.2. The fraction of sp³-hybridized carbons (Fsp3) is 0.857. The lowest BCUT2D eigenvalue weighted by atomic mass is 9.79. The van der Waals surface area contributed by atoms with Crippen LogP contribution in [0, 0.1) is 5.92 Å². The number of ketones is 1. The van der Waals surface area contributed by atoms with Crippen LogP contribution in [0.3, 0.4) is 0 Å². The number of carbonyl (C=O) groups is 2. The summed E-state index contributed by atoms with van der Waals surface area (Å²) < 4.78 is 0. The maximum Gasteiger partial charge on any atom is 0.219 e. The molecule has 1 saturated heterocycles. The number of amides is 1. The van der Waals surface area contributed by atoms with Crippen LogP contribution in [-0.2, 0) is 9.59 Å². The molecule has 6 heteroatoms. The number of piperazine rings is 1. The molecule has 4 rings (SSSR count). The molecule has 4 aliphatic rings. The summed E-state index contributed by atoms with van der Waals surface area (Å²) in [6.45, 7) is 7.18. The van der Waals surface area contributed by atoms with Crippen LogP contribution in [0.5, 0.6) is 0 Å². The Morgan fingerprint density at radius 1 is 0.926 bits per heavy atom. The number of fused-ring (bicyclic) bond motifs is 1. The number of carbonyl (C=O) groups excluding carboxylic acids is 2. The Hall–Kier alpha value is -1.43. The second-order valence-corrected chi connectivity index (χ2v) is 8.98. The number of hydrogen-bond acceptors (Lipinski definition) is 5. The van der Waals surface area contributed by atoms with Gasteiger partial charge in [0.2, 0.25) is 5.91 Å². The Morgan fingerprint density at radius 2 is 1.67 bits per heavy atom. The van der Waals surface area contributed by atoms with Crippen molar-refractivity contribution in [1.29, 1.82) is 0 Å². The largest absolute Gasteiger partial charge is 0.355 e. The monoisotopic (exact) mass is 374 g/mol. The molecule has 5 unspecified atom stereocenters. The zero-order chi connectivity index (χ0) is 19.0. The third-order valence-electron chi connectivity index (χ3n) is 7.45. The molecule has 1 amide bonds. The first-order valence-corrected chi connectivity index (χ1v) is 10.8. The Bertz CT molecular complexity index is 599. The van der Waals surface area contributed by atoms with Gasteiger partial charge in [-0.25, -0.2) is 0 Å². The van der Waals surface area contributed by atoms with E-state index in [1.54, 1.807) is 13.8 Å². The molecular weight excluding hydrogens is 340 g/mol. The fourth-order valence-corrected chi connectivity index (χ4v) is 5.76. The first-order chi connectivity index (χ1) is 13.0. The van der Waals surface area contributed by atoms with Crippen molar-refractivity contribution in [3.63, 3.8) is 0 Å². The average Bonchev–Trinajstić information content (AvgIpc) is 3.11. The van der Waals surface area contributed by atoms with Gasteiger partial charge in [-0.1, -0.05) is 0 Å². The zero-order valence-corrected chi connectivity index (χ0v) is 16.8. The maximum absolute atomic E-state index is 11.8. The standard InChI is InChI=1S/C21H34N4O2/c1-15(26)17-6-7-21-20(12-17)22-14-25(21)19-5-3-4-18(13-19)24-10-8-23(9-11-24)16(2)27/h14,17-21H,3-13H2,1-2H3. The Kier molecular flexibility index (Phi) is 5.53. The van der Waals surface area contributed by atoms with Crippen LogP contribution < -0.4 is 0 Å². The molecule has 27 heavy (non-hydrogen) atoms. The van der Waals surface area contributed by atoms with Crippen LogP contribution in [0.2, 0.25) is 0 Å². The number of rotatable bonds is 3. The molecule has 2 aliphatic carbocycles. The maximum atomic E-state index is 11.8. The van der Waals surface area contributed by atoms with Crippen LogP contribution in [0.1, 0.15) is 58.8 Å². The Labute approximate surface area is 163 Å². The average molecular weight is 375 g/mol. The number of nitrogens with zero attached hydrogens (tertiary/aromatic N) is 4. The van der Waals surface area contributed by atoms with Gasteiger partial charge in [-0.05, 0) is 51.9 Å². The summed E-state index contributed by atoms with van der Waals surface area (Å²) in [5.74, 6) is 0.765. The summed E-state index contributed by atoms with van der Waals surface area (Å²) in [5, 5.41) is 0. The molecule has 0 aromatic rings. The third kappa shape index (κ3) is 3.91. The normalized spacial score (nSPS) is 37.3. The molecule has 6 nitrogen and oxygen atoms in total. The number of aliphatic imine (C=N–C) groups is 1. The van der Waals surface area contributed by atoms with Gasteiger partial charge in [-0.15, -0.1) is 0 Å². The molecule has 2 aliphatic heterocycles. The van der Waals surface area contributed by atoms with Gasteiger partial charge in [0.1, 0.15) is 5.78 Å². The van der Waals surface area contributed by atoms with Gasteiger partial charge in [0.15, 0.2) is 0 Å². The van der Waals surface area contributed by atoms with Gasteiger partial charge >= 0.3 is 0 Å². The second-order valence-electron chi connectivity index (χ2n) is 8.98. The Morgan fingerprint density at radius 3 is 2.37 bits per heavy atom. The molecule has 3 fully saturated rings. The Balaban J connectivity index is 1.34. The summed E-state index contributed by atoms with van der Waals surface area (Å²) >= 11 is 0. The van der Waals surface area contributed by atoms with Crippen molar-refractivity contribution in [2.24, 2.45) is 10.9 Å². The lowest BCUT2D eigenvalue weighted by Crippen LogP contribution is -2.55. The minimum Gasteiger partial charge on any atom is -0.355 e. The fourth-order valence-electron chi connectivity index (χ4n) is 5.76. The number of Topliss-reactive ketones (excluding diaryl/α,β-unsaturated/α-hetero) is 1. The molecule has 0 bridgehead atoms. The third-order valence-corrected chi connectivity index (χ3v) is 7.45. The lowest BCUT2D eigenvalue weighted by molar-refractivity contribution is -0.131. The predicted octanol–water partition coefficient (Wildman–Crippen LogP) is 1.93. The first kappa shape index (κ1) is 18.9. The molecular formula is C21H34N4O2. The van der Waals surface area contributed by atoms with E-state index in [-0.39, 0.29) is 11.8 Å². The van der Waals surface area contributed by atoms with Gasteiger partial charge in [0.05, 0.1) is 18.4 Å². The van der Waals surface area contributed by atoms with E-state index in [9.17, 15) is 9.59 Å². The van der Waals surface area contributed by atoms with Crippen molar-refractivity contribution in [1.82, 2.24) is 14.7 Å². The molecule has 2 saturated carbocycles. The van der Waals surface area contributed by atoms with Crippen molar-refractivity contribution in [3.8, 4) is 0 Å². The summed E-state index contributed by atoms with van der Waals surface area (Å²) in [4.78, 5) is 35.3. The van der Waals surface area contributed by atoms with Crippen LogP contribution in [-0.4, -0.2) is 83.1 Å². The highest BCUT2D eigenvalue weighted by atomic mass is 16.2. The highest BCUT2D eigenvalue weighted by molar-refractivity contribution is 5.78. The van der Waals surface area contributed by atoms with E-state index >= 15 is 0 Å². The van der Waals surface area contributed by atoms with E-state index < -0.39 is 0 Å². The highest BCUT2D eigenvalue weighted by Crippen LogP contribution is 2.37. The van der Waals surface area contributed by atoms with Crippen molar-refractivity contribution in [3.05, 3.63) is 0 Å². The summed E-state index contributed by atoms with van der Waals surface area (Å²) in [6, 6.07) is 2.06. The van der Waals surface area contributed by atoms with Gasteiger partial charge < -0.3 is 9.80 Å². The minimum absolute atomic E-state index is 0.205. The molecule has 0 aromatic carbocycles. The minimum atomic E-state index is 0.205. The molecule has 5 atom stereocenters. The van der Waals surface area contributed by atoms with Crippen molar-refractivity contribution < 1.29 is 9.59 Å². The van der Waals surface area contributed by atoms with Crippen molar-refractivity contribution in [2.75, 3.05) is 26.2 Å². The van der Waals surface area contributed by atoms with Crippen LogP contribution in [0.15, 0.2) is 4.99 Å². The van der Waals surface area contributed by atoms with Gasteiger partial charge in [0.25, 0.3) is 0 Å². The van der Waals surface area contributed by atoms with Crippen LogP contribution >= 0.6 is 0 Å². The molecule has 2 heterocycles. The van der Waals surface area contributed by atoms with Crippen LogP contribution in [0.25, 0.3) is 0 Å². The molecule has 0 spiro atoms. The lowest BCUT2D eigenvalue weighted by Gasteiger charge is -2.46. The van der Waals surface area contributed by atoms with E-state index in [2.05, 4.69) is 16.1 Å². The molecule has 0 aromatic heterocycles. The van der Waals surface area contributed by atoms with Crippen LogP contribution in [0.4, 0.5) is 0 Å². The summed E-state index contributed by atoms with van der Waals surface area (Å²) in [7, 11) is 0. The van der Waals surface area contributed by atoms with E-state index in [1.165, 1.54) is 25.7 Å². The van der Waals surface area contributed by atoms with E-state index in [4.69, 9.17) is 4.99 Å². The predicted molar refractivity (Wildman–Crippen MR) is 106 cm³/mol. The topological polar surface area (TPSA) is 56.2 Å². The molecule has 0 radical (unpaired) electrons. The zero-order valence-electron chi connectivity index (χ0n) is 16.8. The van der Waals surface area contributed by atoms with Gasteiger partial charge in [-0.3, -0.25) is 19.5 Å². The van der Waals surface area contributed by atoms with E-state index in [1.807, 2.05) is 4.90 Å². The van der Waals surface area contributed by atoms with E-state index in [0.717, 1.165) is 45.4 Å². The van der Waals surface area contributed by atoms with E-state index in [0.29, 0.717) is 30.0 Å². The van der Waals surface area contributed by atoms with Gasteiger partial charge in [-0.2, -0.15) is 0 Å². The van der Waals surface area contributed by atoms with Crippen molar-refractivity contribution in [2.45, 2.75) is 83.0 Å². The highest BCUT2D eigenvalue weighted by Gasteiger charge is 2.42. The molecule has 0 N–H and O–H groups in total. The smallest absolute Gasteiger partial charge is 0.219 e. The number of hydrogen-bond donors (Lipinski definition) is 0. The second kappa shape index (κ2) is 7.90. The summed E-state index contributed by atoms with van der Waals surface area (Å²) in [5.41, 5.74) is 0. The van der Waals surface area contributed by atoms with Crippen molar-refractivity contribution >= 4 is 18.0 Å².